The summed E-state index contributed by atoms with van der Waals surface area (Å²) in [4.78, 5) is 43.0. The largest absolute Gasteiger partial charge is 0.491 e. The lowest BCUT2D eigenvalue weighted by atomic mass is 9.80. The first kappa shape index (κ1) is 20.4. The Balaban J connectivity index is 1.32. The van der Waals surface area contributed by atoms with E-state index in [2.05, 4.69) is 30.2 Å². The minimum absolute atomic E-state index is 0.0328. The van der Waals surface area contributed by atoms with Crippen LogP contribution in [0.25, 0.3) is 11.2 Å². The molecular weight excluding hydrogens is 408 g/mol. The number of hydrogen-bond donors (Lipinski definition) is 2. The first-order valence-corrected chi connectivity index (χ1v) is 11.1. The summed E-state index contributed by atoms with van der Waals surface area (Å²) in [6.45, 7) is 1.40. The summed E-state index contributed by atoms with van der Waals surface area (Å²) in [5.74, 6) is 1.27. The summed E-state index contributed by atoms with van der Waals surface area (Å²) >= 11 is 0. The number of fused-ring (bicyclic) bond motifs is 2. The van der Waals surface area contributed by atoms with E-state index in [4.69, 9.17) is 4.74 Å². The lowest BCUT2D eigenvalue weighted by molar-refractivity contribution is -0.121. The Labute approximate surface area is 185 Å². The number of H-pyrrole nitrogens is 1. The molecule has 166 valence electrons. The van der Waals surface area contributed by atoms with Gasteiger partial charge in [0.1, 0.15) is 24.2 Å². The fourth-order valence-electron chi connectivity index (χ4n) is 4.82. The normalized spacial score (nSPS) is 20.4. The Morgan fingerprint density at radius 1 is 1.28 bits per heavy atom. The second-order valence-corrected chi connectivity index (χ2v) is 8.36. The lowest BCUT2D eigenvalue weighted by Crippen LogP contribution is -2.35. The summed E-state index contributed by atoms with van der Waals surface area (Å²) in [6.07, 6.45) is 6.86. The molecule has 1 fully saturated rings. The quantitative estimate of drug-likeness (QED) is 0.612. The number of aromatic nitrogens is 4. The Kier molecular flexibility index (Phi) is 5.46. The molecule has 1 aliphatic heterocycles. The van der Waals surface area contributed by atoms with Gasteiger partial charge in [-0.25, -0.2) is 15.0 Å². The SMILES string of the molecule is CNC(=O)CC1CCc2c(OC[C@H]3CCCN3c3ncnc4nc[nH]c34)cccc2C1=O. The van der Waals surface area contributed by atoms with E-state index in [1.54, 1.807) is 19.7 Å². The molecule has 0 radical (unpaired) electrons. The van der Waals surface area contributed by atoms with Crippen molar-refractivity contribution in [3.05, 3.63) is 42.0 Å². The smallest absolute Gasteiger partial charge is 0.220 e. The minimum atomic E-state index is -0.266. The molecule has 5 rings (SSSR count). The number of imidazole rings is 1. The molecular formula is C23H26N6O3. The summed E-state index contributed by atoms with van der Waals surface area (Å²) in [6, 6.07) is 5.81. The Morgan fingerprint density at radius 2 is 2.19 bits per heavy atom. The van der Waals surface area contributed by atoms with Crippen molar-refractivity contribution in [2.24, 2.45) is 5.92 Å². The molecule has 32 heavy (non-hydrogen) atoms. The van der Waals surface area contributed by atoms with Crippen LogP contribution in [0, 0.1) is 5.92 Å². The number of ketones is 1. The van der Waals surface area contributed by atoms with Crippen molar-refractivity contribution in [1.82, 2.24) is 25.3 Å². The molecule has 1 aliphatic carbocycles. The van der Waals surface area contributed by atoms with Crippen LogP contribution in [0.15, 0.2) is 30.9 Å². The number of rotatable bonds is 6. The van der Waals surface area contributed by atoms with Crippen molar-refractivity contribution in [3.63, 3.8) is 0 Å². The maximum Gasteiger partial charge on any atom is 0.220 e. The predicted molar refractivity (Wildman–Crippen MR) is 119 cm³/mol. The van der Waals surface area contributed by atoms with Gasteiger partial charge >= 0.3 is 0 Å². The Bertz CT molecular complexity index is 1160. The molecule has 9 nitrogen and oxygen atoms in total. The van der Waals surface area contributed by atoms with Crippen LogP contribution in [0.5, 0.6) is 5.75 Å². The zero-order valence-corrected chi connectivity index (χ0v) is 18.0. The molecule has 1 aromatic carbocycles. The Hall–Kier alpha value is -3.49. The number of amides is 1. The third kappa shape index (κ3) is 3.68. The lowest BCUT2D eigenvalue weighted by Gasteiger charge is -2.28. The van der Waals surface area contributed by atoms with E-state index < -0.39 is 0 Å². The minimum Gasteiger partial charge on any atom is -0.491 e. The van der Waals surface area contributed by atoms with Gasteiger partial charge in [0.15, 0.2) is 17.2 Å². The average molecular weight is 435 g/mol. The number of hydrogen-bond acceptors (Lipinski definition) is 7. The average Bonchev–Trinajstić information content (AvgIpc) is 3.48. The molecule has 0 bridgehead atoms. The van der Waals surface area contributed by atoms with Crippen molar-refractivity contribution >= 4 is 28.7 Å². The van der Waals surface area contributed by atoms with Gasteiger partial charge in [0.05, 0.1) is 12.4 Å². The van der Waals surface area contributed by atoms with Crippen LogP contribution in [0.1, 0.15) is 41.6 Å². The third-order valence-electron chi connectivity index (χ3n) is 6.51. The van der Waals surface area contributed by atoms with Crippen LogP contribution < -0.4 is 15.0 Å². The molecule has 9 heteroatoms. The number of nitrogens with zero attached hydrogens (tertiary/aromatic N) is 4. The van der Waals surface area contributed by atoms with Crippen molar-refractivity contribution in [1.29, 1.82) is 0 Å². The highest BCUT2D eigenvalue weighted by molar-refractivity contribution is 6.02. The number of ether oxygens (including phenoxy) is 1. The molecule has 1 unspecified atom stereocenters. The van der Waals surface area contributed by atoms with Crippen LogP contribution in [-0.2, 0) is 11.2 Å². The standard InChI is InChI=1S/C23H26N6O3/c1-24-19(30)10-14-7-8-16-17(21(14)31)5-2-6-18(16)32-11-15-4-3-9-29(15)23-20-22(26-12-25-20)27-13-28-23/h2,5-6,12-15H,3-4,7-11H2,1H3,(H,24,30)(H,25,26,27,28)/t14?,15-/m1/s1. The molecule has 3 aromatic rings. The molecule has 1 amide bonds. The van der Waals surface area contributed by atoms with Gasteiger partial charge < -0.3 is 19.9 Å². The summed E-state index contributed by atoms with van der Waals surface area (Å²) in [5, 5.41) is 2.61. The van der Waals surface area contributed by atoms with Crippen LogP contribution in [-0.4, -0.2) is 57.9 Å². The fourth-order valence-corrected chi connectivity index (χ4v) is 4.82. The van der Waals surface area contributed by atoms with Gasteiger partial charge in [0.25, 0.3) is 0 Å². The number of nitrogens with one attached hydrogen (secondary N) is 2. The molecule has 0 spiro atoms. The molecule has 2 aliphatic rings. The van der Waals surface area contributed by atoms with Crippen molar-refractivity contribution in [3.8, 4) is 5.75 Å². The summed E-state index contributed by atoms with van der Waals surface area (Å²) < 4.78 is 6.28. The van der Waals surface area contributed by atoms with E-state index in [1.807, 2.05) is 18.2 Å². The van der Waals surface area contributed by atoms with Crippen LogP contribution in [0.4, 0.5) is 5.82 Å². The van der Waals surface area contributed by atoms with Crippen molar-refractivity contribution in [2.75, 3.05) is 25.1 Å². The zero-order valence-electron chi connectivity index (χ0n) is 18.0. The third-order valence-corrected chi connectivity index (χ3v) is 6.51. The van der Waals surface area contributed by atoms with E-state index in [0.29, 0.717) is 24.2 Å². The van der Waals surface area contributed by atoms with Gasteiger partial charge in [-0.15, -0.1) is 0 Å². The maximum atomic E-state index is 12.9. The number of carbonyl (C=O) groups excluding carboxylic acids is 2. The fraction of sp³-hybridized carbons (Fsp3) is 0.435. The van der Waals surface area contributed by atoms with Crippen molar-refractivity contribution in [2.45, 2.75) is 38.1 Å². The van der Waals surface area contributed by atoms with Gasteiger partial charge in [0.2, 0.25) is 5.91 Å². The van der Waals surface area contributed by atoms with Gasteiger partial charge in [0, 0.05) is 37.1 Å². The second-order valence-electron chi connectivity index (χ2n) is 8.36. The first-order valence-electron chi connectivity index (χ1n) is 11.1. The van der Waals surface area contributed by atoms with Gasteiger partial charge in [-0.3, -0.25) is 9.59 Å². The van der Waals surface area contributed by atoms with E-state index in [-0.39, 0.29) is 30.1 Å². The topological polar surface area (TPSA) is 113 Å². The summed E-state index contributed by atoms with van der Waals surface area (Å²) in [5.41, 5.74) is 3.13. The summed E-state index contributed by atoms with van der Waals surface area (Å²) in [7, 11) is 1.60. The number of carbonyl (C=O) groups is 2. The Morgan fingerprint density at radius 3 is 3.06 bits per heavy atom. The zero-order chi connectivity index (χ0) is 22.1. The van der Waals surface area contributed by atoms with E-state index in [9.17, 15) is 9.59 Å². The number of anilines is 1. The van der Waals surface area contributed by atoms with Crippen molar-refractivity contribution < 1.29 is 14.3 Å². The molecule has 2 N–H and O–H groups in total. The van der Waals surface area contributed by atoms with E-state index in [1.165, 1.54) is 0 Å². The molecule has 3 heterocycles. The van der Waals surface area contributed by atoms with E-state index >= 15 is 0 Å². The van der Waals surface area contributed by atoms with Crippen LogP contribution >= 0.6 is 0 Å². The van der Waals surface area contributed by atoms with Crippen LogP contribution in [0.3, 0.4) is 0 Å². The molecule has 2 aromatic heterocycles. The van der Waals surface area contributed by atoms with Gasteiger partial charge in [-0.05, 0) is 31.7 Å². The maximum absolute atomic E-state index is 12.9. The second kappa shape index (κ2) is 8.57. The van der Waals surface area contributed by atoms with Gasteiger partial charge in [-0.1, -0.05) is 12.1 Å². The molecule has 0 saturated carbocycles. The number of benzene rings is 1. The van der Waals surface area contributed by atoms with E-state index in [0.717, 1.165) is 48.5 Å². The molecule has 2 atom stereocenters. The first-order chi connectivity index (χ1) is 15.7. The molecule has 1 saturated heterocycles. The monoisotopic (exact) mass is 434 g/mol. The highest BCUT2D eigenvalue weighted by Gasteiger charge is 2.32. The predicted octanol–water partition coefficient (Wildman–Crippen LogP) is 2.28. The number of Topliss-reactive ketones (excluding diaryl/α,β-unsaturated/α-hetero) is 1. The highest BCUT2D eigenvalue weighted by atomic mass is 16.5. The number of aromatic amines is 1. The van der Waals surface area contributed by atoms with Gasteiger partial charge in [-0.2, -0.15) is 0 Å². The van der Waals surface area contributed by atoms with Crippen LogP contribution in [0.2, 0.25) is 0 Å². The highest BCUT2D eigenvalue weighted by Crippen LogP contribution is 2.34.